The SMILES string of the molecule is Nc1ccc(C(=O)NC2CC2)nn1. The molecule has 0 atom stereocenters. The second-order valence-electron chi connectivity index (χ2n) is 3.09. The molecule has 0 bridgehead atoms. The van der Waals surface area contributed by atoms with Crippen molar-refractivity contribution < 1.29 is 4.79 Å². The van der Waals surface area contributed by atoms with Crippen molar-refractivity contribution in [2.45, 2.75) is 18.9 Å². The van der Waals surface area contributed by atoms with Gasteiger partial charge in [0.15, 0.2) is 5.69 Å². The van der Waals surface area contributed by atoms with Crippen molar-refractivity contribution >= 4 is 11.7 Å². The summed E-state index contributed by atoms with van der Waals surface area (Å²) in [5.41, 5.74) is 5.66. The molecule has 0 radical (unpaired) electrons. The Bertz CT molecular complexity index is 317. The molecule has 0 aliphatic heterocycles. The monoisotopic (exact) mass is 178 g/mol. The molecule has 2 rings (SSSR count). The Morgan fingerprint density at radius 3 is 2.77 bits per heavy atom. The number of nitrogens with one attached hydrogen (secondary N) is 1. The minimum absolute atomic E-state index is 0.171. The maximum atomic E-state index is 11.4. The van der Waals surface area contributed by atoms with Gasteiger partial charge in [-0.15, -0.1) is 10.2 Å². The molecular weight excluding hydrogens is 168 g/mol. The van der Waals surface area contributed by atoms with Gasteiger partial charge in [0, 0.05) is 6.04 Å². The van der Waals surface area contributed by atoms with Gasteiger partial charge in [0.25, 0.3) is 5.91 Å². The molecule has 0 aromatic carbocycles. The van der Waals surface area contributed by atoms with Gasteiger partial charge in [-0.3, -0.25) is 4.79 Å². The summed E-state index contributed by atoms with van der Waals surface area (Å²) in [5.74, 6) is 0.151. The highest BCUT2D eigenvalue weighted by molar-refractivity contribution is 5.92. The van der Waals surface area contributed by atoms with Crippen molar-refractivity contribution in [1.82, 2.24) is 15.5 Å². The smallest absolute Gasteiger partial charge is 0.272 e. The van der Waals surface area contributed by atoms with E-state index in [1.54, 1.807) is 12.1 Å². The van der Waals surface area contributed by atoms with E-state index in [1.807, 2.05) is 0 Å². The Kier molecular flexibility index (Phi) is 1.84. The van der Waals surface area contributed by atoms with Crippen LogP contribution < -0.4 is 11.1 Å². The van der Waals surface area contributed by atoms with Crippen molar-refractivity contribution in [3.05, 3.63) is 17.8 Å². The van der Waals surface area contributed by atoms with Gasteiger partial charge in [-0.2, -0.15) is 0 Å². The molecule has 13 heavy (non-hydrogen) atoms. The van der Waals surface area contributed by atoms with Crippen molar-refractivity contribution in [3.63, 3.8) is 0 Å². The van der Waals surface area contributed by atoms with Crippen LogP contribution in [0.1, 0.15) is 23.3 Å². The lowest BCUT2D eigenvalue weighted by molar-refractivity contribution is 0.0945. The van der Waals surface area contributed by atoms with E-state index in [-0.39, 0.29) is 5.91 Å². The highest BCUT2D eigenvalue weighted by Crippen LogP contribution is 2.18. The highest BCUT2D eigenvalue weighted by Gasteiger charge is 2.24. The lowest BCUT2D eigenvalue weighted by Gasteiger charge is -2.00. The molecule has 1 fully saturated rings. The van der Waals surface area contributed by atoms with Gasteiger partial charge >= 0.3 is 0 Å². The third-order valence-corrected chi connectivity index (χ3v) is 1.83. The maximum Gasteiger partial charge on any atom is 0.272 e. The van der Waals surface area contributed by atoms with Crippen molar-refractivity contribution in [2.24, 2.45) is 0 Å². The van der Waals surface area contributed by atoms with Crippen LogP contribution in [0.2, 0.25) is 0 Å². The molecular formula is C8H10N4O. The number of hydrogen-bond acceptors (Lipinski definition) is 4. The van der Waals surface area contributed by atoms with Crippen LogP contribution in [0.15, 0.2) is 12.1 Å². The van der Waals surface area contributed by atoms with E-state index in [0.717, 1.165) is 12.8 Å². The second-order valence-corrected chi connectivity index (χ2v) is 3.09. The first-order valence-electron chi connectivity index (χ1n) is 4.16. The Balaban J connectivity index is 2.05. The zero-order chi connectivity index (χ0) is 9.26. The minimum atomic E-state index is -0.171. The fourth-order valence-corrected chi connectivity index (χ4v) is 0.951. The van der Waals surface area contributed by atoms with E-state index in [4.69, 9.17) is 5.73 Å². The molecule has 1 saturated carbocycles. The standard InChI is InChI=1S/C8H10N4O/c9-7-4-3-6(11-12-7)8(13)10-5-1-2-5/h3-5H,1-2H2,(H2,9,12)(H,10,13). The van der Waals surface area contributed by atoms with Gasteiger partial charge < -0.3 is 11.1 Å². The Morgan fingerprint density at radius 1 is 1.46 bits per heavy atom. The summed E-state index contributed by atoms with van der Waals surface area (Å²) in [6, 6.07) is 3.47. The molecule has 68 valence electrons. The molecule has 5 nitrogen and oxygen atoms in total. The van der Waals surface area contributed by atoms with E-state index >= 15 is 0 Å². The zero-order valence-corrected chi connectivity index (χ0v) is 7.03. The third kappa shape index (κ3) is 1.93. The summed E-state index contributed by atoms with van der Waals surface area (Å²) in [6.07, 6.45) is 2.13. The molecule has 1 aliphatic carbocycles. The number of nitrogens with two attached hydrogens (primary N) is 1. The first-order valence-corrected chi connectivity index (χ1v) is 4.16. The maximum absolute atomic E-state index is 11.4. The average Bonchev–Trinajstić information content (AvgIpc) is 2.89. The third-order valence-electron chi connectivity index (χ3n) is 1.83. The summed E-state index contributed by atoms with van der Waals surface area (Å²) >= 11 is 0. The number of carbonyl (C=O) groups is 1. The summed E-state index contributed by atoms with van der Waals surface area (Å²) < 4.78 is 0. The van der Waals surface area contributed by atoms with Gasteiger partial charge in [0.1, 0.15) is 5.82 Å². The molecule has 0 spiro atoms. The van der Waals surface area contributed by atoms with Crippen LogP contribution in [0.4, 0.5) is 5.82 Å². The van der Waals surface area contributed by atoms with Crippen LogP contribution in [0, 0.1) is 0 Å². The number of amides is 1. The molecule has 1 aliphatic rings. The van der Waals surface area contributed by atoms with Crippen LogP contribution in [0.3, 0.4) is 0 Å². The molecule has 1 amide bonds. The number of carbonyl (C=O) groups excluding carboxylic acids is 1. The lowest BCUT2D eigenvalue weighted by atomic mass is 10.3. The predicted molar refractivity (Wildman–Crippen MR) is 46.9 cm³/mol. The fourth-order valence-electron chi connectivity index (χ4n) is 0.951. The number of hydrogen-bond donors (Lipinski definition) is 2. The predicted octanol–water partition coefficient (Wildman–Crippen LogP) is -0.0490. The van der Waals surface area contributed by atoms with Crippen molar-refractivity contribution in [1.29, 1.82) is 0 Å². The molecule has 5 heteroatoms. The van der Waals surface area contributed by atoms with E-state index in [1.165, 1.54) is 0 Å². The van der Waals surface area contributed by atoms with E-state index < -0.39 is 0 Å². The number of nitrogens with zero attached hydrogens (tertiary/aromatic N) is 2. The van der Waals surface area contributed by atoms with E-state index in [2.05, 4.69) is 15.5 Å². The lowest BCUT2D eigenvalue weighted by Crippen LogP contribution is -2.26. The Hall–Kier alpha value is -1.65. The second kappa shape index (κ2) is 3.01. The number of nitrogen functional groups attached to an aromatic ring is 1. The number of aromatic nitrogens is 2. The first-order chi connectivity index (χ1) is 6.25. The Morgan fingerprint density at radius 2 is 2.23 bits per heavy atom. The largest absolute Gasteiger partial charge is 0.382 e. The average molecular weight is 178 g/mol. The summed E-state index contributed by atoms with van der Waals surface area (Å²) in [7, 11) is 0. The molecule has 1 aromatic heterocycles. The molecule has 0 unspecified atom stereocenters. The van der Waals surface area contributed by atoms with Gasteiger partial charge in [0.05, 0.1) is 0 Å². The van der Waals surface area contributed by atoms with Crippen molar-refractivity contribution in [3.8, 4) is 0 Å². The van der Waals surface area contributed by atoms with Gasteiger partial charge in [-0.25, -0.2) is 0 Å². The number of rotatable bonds is 2. The van der Waals surface area contributed by atoms with Crippen LogP contribution in [-0.2, 0) is 0 Å². The van der Waals surface area contributed by atoms with E-state index in [0.29, 0.717) is 17.6 Å². The normalized spacial score (nSPS) is 15.4. The summed E-state index contributed by atoms with van der Waals surface area (Å²) in [6.45, 7) is 0. The molecule has 0 saturated heterocycles. The number of anilines is 1. The quantitative estimate of drug-likeness (QED) is 0.665. The summed E-state index contributed by atoms with van der Waals surface area (Å²) in [5, 5.41) is 10.1. The first kappa shape index (κ1) is 7.97. The van der Waals surface area contributed by atoms with Gasteiger partial charge in [-0.05, 0) is 25.0 Å². The fraction of sp³-hybridized carbons (Fsp3) is 0.375. The topological polar surface area (TPSA) is 80.9 Å². The molecule has 1 heterocycles. The van der Waals surface area contributed by atoms with Crippen LogP contribution in [0.5, 0.6) is 0 Å². The summed E-state index contributed by atoms with van der Waals surface area (Å²) in [4.78, 5) is 11.4. The van der Waals surface area contributed by atoms with Gasteiger partial charge in [0.2, 0.25) is 0 Å². The van der Waals surface area contributed by atoms with Crippen molar-refractivity contribution in [2.75, 3.05) is 5.73 Å². The van der Waals surface area contributed by atoms with Crippen LogP contribution >= 0.6 is 0 Å². The van der Waals surface area contributed by atoms with Crippen LogP contribution in [0.25, 0.3) is 0 Å². The highest BCUT2D eigenvalue weighted by atomic mass is 16.2. The molecule has 1 aromatic rings. The zero-order valence-electron chi connectivity index (χ0n) is 7.03. The van der Waals surface area contributed by atoms with Crippen LogP contribution in [-0.4, -0.2) is 22.1 Å². The molecule has 3 N–H and O–H groups in total. The minimum Gasteiger partial charge on any atom is -0.382 e. The van der Waals surface area contributed by atoms with E-state index in [9.17, 15) is 4.79 Å². The Labute approximate surface area is 75.3 Å². The van der Waals surface area contributed by atoms with Gasteiger partial charge in [-0.1, -0.05) is 0 Å².